The van der Waals surface area contributed by atoms with Gasteiger partial charge in [0, 0.05) is 6.42 Å². The Kier molecular flexibility index (Phi) is 14.9. The van der Waals surface area contributed by atoms with Gasteiger partial charge in [-0.2, -0.15) is 0 Å². The lowest BCUT2D eigenvalue weighted by molar-refractivity contribution is -0.704. The number of unbranched alkanes of at least 4 members (excludes halogenated alkanes) is 12. The number of hydrogen-bond acceptors (Lipinski definition) is 0. The molecule has 32 heavy (non-hydrogen) atoms. The van der Waals surface area contributed by atoms with Gasteiger partial charge in [0.15, 0.2) is 0 Å². The predicted molar refractivity (Wildman–Crippen MR) is 139 cm³/mol. The van der Waals surface area contributed by atoms with E-state index >= 15 is 0 Å². The summed E-state index contributed by atoms with van der Waals surface area (Å²) in [5, 5.41) is 0. The van der Waals surface area contributed by atoms with Crippen molar-refractivity contribution >= 4 is 0 Å². The third-order valence-electron chi connectivity index (χ3n) is 6.80. The van der Waals surface area contributed by atoms with Crippen LogP contribution in [0.1, 0.15) is 122 Å². The zero-order valence-corrected chi connectivity index (χ0v) is 21.4. The van der Waals surface area contributed by atoms with E-state index in [0.29, 0.717) is 0 Å². The van der Waals surface area contributed by atoms with Gasteiger partial charge in [-0.1, -0.05) is 115 Å². The summed E-state index contributed by atoms with van der Waals surface area (Å²) < 4.78 is 5.13. The summed E-state index contributed by atoms with van der Waals surface area (Å²) in [5.74, 6) is 1.57. The fourth-order valence-corrected chi connectivity index (χ4v) is 4.77. The Labute approximate surface area is 199 Å². The van der Waals surface area contributed by atoms with E-state index < -0.39 is 0 Å². The molecule has 0 amide bonds. The summed E-state index contributed by atoms with van der Waals surface area (Å²) in [6.45, 7) is 6.95. The zero-order valence-electron chi connectivity index (χ0n) is 21.4. The molecule has 2 aromatic rings. The minimum Gasteiger partial charge on any atom is -0.234 e. The molecule has 2 heteroatoms. The van der Waals surface area contributed by atoms with Gasteiger partial charge in [-0.3, -0.25) is 0 Å². The third-order valence-corrected chi connectivity index (χ3v) is 6.80. The molecule has 0 atom stereocenters. The van der Waals surface area contributed by atoms with Crippen molar-refractivity contribution in [1.29, 1.82) is 0 Å². The maximum Gasteiger partial charge on any atom is 0.256 e. The second-order valence-corrected chi connectivity index (χ2v) is 9.68. The van der Waals surface area contributed by atoms with Crippen LogP contribution in [0.3, 0.4) is 0 Å². The Morgan fingerprint density at radius 2 is 1.22 bits per heavy atom. The first kappa shape index (κ1) is 26.7. The highest BCUT2D eigenvalue weighted by atomic mass is 15.1. The molecule has 0 aliphatic rings. The molecule has 2 rings (SSSR count). The number of aromatic nitrogens is 2. The third kappa shape index (κ3) is 11.3. The Bertz CT molecular complexity index is 673. The van der Waals surface area contributed by atoms with Gasteiger partial charge in [0.25, 0.3) is 5.82 Å². The van der Waals surface area contributed by atoms with Crippen molar-refractivity contribution in [2.24, 2.45) is 0 Å². The van der Waals surface area contributed by atoms with Crippen LogP contribution in [-0.2, 0) is 25.9 Å². The maximum absolute atomic E-state index is 2.58. The van der Waals surface area contributed by atoms with E-state index in [9.17, 15) is 0 Å². The van der Waals surface area contributed by atoms with Crippen molar-refractivity contribution in [3.05, 3.63) is 54.1 Å². The van der Waals surface area contributed by atoms with Crippen LogP contribution in [-0.4, -0.2) is 4.57 Å². The smallest absolute Gasteiger partial charge is 0.234 e. The second kappa shape index (κ2) is 17.9. The van der Waals surface area contributed by atoms with Gasteiger partial charge >= 0.3 is 0 Å². The molecule has 0 radical (unpaired) electrons. The second-order valence-electron chi connectivity index (χ2n) is 9.68. The quantitative estimate of drug-likeness (QED) is 0.144. The van der Waals surface area contributed by atoms with Gasteiger partial charge in [-0.25, -0.2) is 9.13 Å². The first-order valence-corrected chi connectivity index (χ1v) is 14.0. The molecule has 180 valence electrons. The van der Waals surface area contributed by atoms with Crippen molar-refractivity contribution in [2.45, 2.75) is 136 Å². The van der Waals surface area contributed by atoms with Crippen LogP contribution in [0.4, 0.5) is 0 Å². The first-order chi connectivity index (χ1) is 15.8. The van der Waals surface area contributed by atoms with Crippen LogP contribution in [0.2, 0.25) is 0 Å². The Hall–Kier alpha value is -1.57. The Morgan fingerprint density at radius 1 is 0.625 bits per heavy atom. The molecule has 0 bridgehead atoms. The zero-order chi connectivity index (χ0) is 22.7. The average molecular weight is 440 g/mol. The molecule has 0 saturated heterocycles. The van der Waals surface area contributed by atoms with Gasteiger partial charge in [-0.15, -0.1) is 0 Å². The van der Waals surface area contributed by atoms with Crippen molar-refractivity contribution in [1.82, 2.24) is 4.57 Å². The maximum atomic E-state index is 2.58. The van der Waals surface area contributed by atoms with Crippen molar-refractivity contribution in [2.75, 3.05) is 0 Å². The van der Waals surface area contributed by atoms with Crippen LogP contribution in [0.15, 0.2) is 42.7 Å². The van der Waals surface area contributed by atoms with E-state index in [0.717, 1.165) is 6.54 Å². The standard InChI is InChI=1S/C30H51N2/c1-3-5-7-9-11-12-14-19-25-31-27-28-32(26-20-23-29-21-16-15-17-22-29)30(31)24-18-13-10-8-6-4-2/h15-17,21-22,27-28H,3-14,18-20,23-26H2,1-2H3/q+1. The molecule has 1 aromatic heterocycles. The summed E-state index contributed by atoms with van der Waals surface area (Å²) >= 11 is 0. The van der Waals surface area contributed by atoms with Gasteiger partial charge in [0.2, 0.25) is 0 Å². The molecule has 0 unspecified atom stereocenters. The highest BCUT2D eigenvalue weighted by molar-refractivity contribution is 5.14. The first-order valence-electron chi connectivity index (χ1n) is 14.0. The van der Waals surface area contributed by atoms with Gasteiger partial charge in [0.05, 0.1) is 13.1 Å². The number of rotatable bonds is 20. The van der Waals surface area contributed by atoms with Crippen LogP contribution in [0.5, 0.6) is 0 Å². The van der Waals surface area contributed by atoms with E-state index in [4.69, 9.17) is 0 Å². The highest BCUT2D eigenvalue weighted by Crippen LogP contribution is 2.12. The summed E-state index contributed by atoms with van der Waals surface area (Å²) in [4.78, 5) is 0. The number of aryl methyl sites for hydroxylation is 3. The average Bonchev–Trinajstić information content (AvgIpc) is 3.20. The molecule has 0 spiro atoms. The lowest BCUT2D eigenvalue weighted by atomic mass is 10.1. The van der Waals surface area contributed by atoms with Gasteiger partial charge < -0.3 is 0 Å². The monoisotopic (exact) mass is 439 g/mol. The summed E-state index contributed by atoms with van der Waals surface area (Å²) in [6.07, 6.45) is 27.8. The van der Waals surface area contributed by atoms with E-state index in [1.807, 2.05) is 0 Å². The molecular formula is C30H51N2+. The highest BCUT2D eigenvalue weighted by Gasteiger charge is 2.16. The Morgan fingerprint density at radius 3 is 1.88 bits per heavy atom. The normalized spacial score (nSPS) is 11.3. The number of nitrogens with zero attached hydrogens (tertiary/aromatic N) is 2. The minimum absolute atomic E-state index is 1.14. The molecule has 1 aromatic carbocycles. The summed E-state index contributed by atoms with van der Waals surface area (Å²) in [7, 11) is 0. The molecular weight excluding hydrogens is 388 g/mol. The fourth-order valence-electron chi connectivity index (χ4n) is 4.77. The number of benzene rings is 1. The number of hydrogen-bond donors (Lipinski definition) is 0. The molecule has 0 aliphatic carbocycles. The van der Waals surface area contributed by atoms with Crippen LogP contribution in [0, 0.1) is 0 Å². The van der Waals surface area contributed by atoms with Crippen molar-refractivity contribution < 1.29 is 4.57 Å². The van der Waals surface area contributed by atoms with E-state index in [1.54, 1.807) is 5.82 Å². The Balaban J connectivity index is 1.79. The summed E-state index contributed by atoms with van der Waals surface area (Å²) in [6, 6.07) is 11.0. The predicted octanol–water partition coefficient (Wildman–Crippen LogP) is 8.45. The largest absolute Gasteiger partial charge is 0.256 e. The lowest BCUT2D eigenvalue weighted by Crippen LogP contribution is -2.37. The fraction of sp³-hybridized carbons (Fsp3) is 0.700. The molecule has 0 saturated carbocycles. The van der Waals surface area contributed by atoms with E-state index in [1.165, 1.54) is 121 Å². The van der Waals surface area contributed by atoms with Crippen LogP contribution < -0.4 is 4.57 Å². The molecule has 0 aliphatic heterocycles. The minimum atomic E-state index is 1.14. The van der Waals surface area contributed by atoms with Crippen molar-refractivity contribution in [3.63, 3.8) is 0 Å². The molecule has 2 nitrogen and oxygen atoms in total. The SMILES string of the molecule is CCCCCCCCCCn1cc[n+](CCCc2ccccc2)c1CCCCCCCC. The van der Waals surface area contributed by atoms with E-state index in [2.05, 4.69) is 65.7 Å². The van der Waals surface area contributed by atoms with Crippen LogP contribution in [0.25, 0.3) is 0 Å². The molecule has 1 heterocycles. The van der Waals surface area contributed by atoms with Crippen molar-refractivity contribution in [3.8, 4) is 0 Å². The van der Waals surface area contributed by atoms with Gasteiger partial charge in [0.1, 0.15) is 12.4 Å². The topological polar surface area (TPSA) is 8.81 Å². The summed E-state index contributed by atoms with van der Waals surface area (Å²) in [5.41, 5.74) is 1.46. The lowest BCUT2D eigenvalue weighted by Gasteiger charge is -2.07. The number of imidazole rings is 1. The molecule has 0 N–H and O–H groups in total. The van der Waals surface area contributed by atoms with Gasteiger partial charge in [-0.05, 0) is 37.7 Å². The van der Waals surface area contributed by atoms with Crippen LogP contribution >= 0.6 is 0 Å². The van der Waals surface area contributed by atoms with E-state index in [-0.39, 0.29) is 0 Å². The molecule has 0 fully saturated rings.